The number of anilines is 6. The summed E-state index contributed by atoms with van der Waals surface area (Å²) in [7, 11) is 13.9. The number of piperidine rings is 3. The summed E-state index contributed by atoms with van der Waals surface area (Å²) >= 11 is 0. The quantitative estimate of drug-likeness (QED) is 0.0150. The normalized spacial score (nSPS) is 15.2. The molecule has 6 amide bonds. The van der Waals surface area contributed by atoms with E-state index in [9.17, 15) is 38.7 Å². The predicted octanol–water partition coefficient (Wildman–Crippen LogP) is 11.4. The van der Waals surface area contributed by atoms with Crippen molar-refractivity contribution in [1.29, 1.82) is 0 Å². The number of carbonyl (C=O) groups is 7. The van der Waals surface area contributed by atoms with Crippen molar-refractivity contribution in [3.05, 3.63) is 196 Å². The van der Waals surface area contributed by atoms with Gasteiger partial charge in [-0.3, -0.25) is 28.8 Å². The zero-order valence-electron chi connectivity index (χ0n) is 64.9. The molecule has 9 heterocycles. The van der Waals surface area contributed by atoms with Crippen molar-refractivity contribution in [2.45, 2.75) is 90.1 Å². The molecule has 0 radical (unpaired) electrons. The maximum absolute atomic E-state index is 14.4. The van der Waals surface area contributed by atoms with E-state index in [0.717, 1.165) is 120 Å². The van der Waals surface area contributed by atoms with Gasteiger partial charge in [0.05, 0.1) is 74.6 Å². The van der Waals surface area contributed by atoms with Gasteiger partial charge in [-0.1, -0.05) is 64.8 Å². The summed E-state index contributed by atoms with van der Waals surface area (Å²) in [5.41, 5.74) is 32.9. The molecule has 0 saturated carbocycles. The van der Waals surface area contributed by atoms with Gasteiger partial charge in [0.25, 0.3) is 17.7 Å². The summed E-state index contributed by atoms with van der Waals surface area (Å²) < 4.78 is 21.1. The second-order valence-electron chi connectivity index (χ2n) is 27.1. The van der Waals surface area contributed by atoms with Crippen molar-refractivity contribution in [3.63, 3.8) is 0 Å². The number of carboxylic acids is 1. The zero-order valence-corrected chi connectivity index (χ0v) is 69.8. The average molecular weight is 1690 g/mol. The molecule has 116 heavy (non-hydrogen) atoms. The molecule has 6 aromatic carbocycles. The molecule has 612 valence electrons. The van der Waals surface area contributed by atoms with E-state index in [4.69, 9.17) is 47.3 Å². The Bertz CT molecular complexity index is 4850. The average Bonchev–Trinajstić information content (AvgIpc) is 1.59. The van der Waals surface area contributed by atoms with Crippen molar-refractivity contribution in [1.82, 2.24) is 40.0 Å². The number of nitrogens with two attached hydrogens (primary N) is 4. The van der Waals surface area contributed by atoms with E-state index in [1.54, 1.807) is 103 Å². The number of nitrogens with one attached hydrogen (secondary N) is 2. The third kappa shape index (κ3) is 20.8. The highest BCUT2D eigenvalue weighted by molar-refractivity contribution is 8.77. The molecule has 6 aliphatic heterocycles. The van der Waals surface area contributed by atoms with Gasteiger partial charge in [-0.05, 0) is 203 Å². The molecule has 0 spiro atoms. The summed E-state index contributed by atoms with van der Waals surface area (Å²) in [5.74, 6) is 3.59. The zero-order chi connectivity index (χ0) is 81.6. The minimum Gasteiger partial charge on any atom is -0.497 e. The molecular formula is C81H96N18O11S6. The van der Waals surface area contributed by atoms with Crippen molar-refractivity contribution in [3.8, 4) is 34.3 Å². The first-order valence-corrected chi connectivity index (χ1v) is 45.7. The molecule has 29 nitrogen and oxygen atoms in total. The third-order valence-electron chi connectivity index (χ3n) is 20.3. The lowest BCUT2D eigenvalue weighted by Crippen LogP contribution is -2.39. The maximum Gasteiger partial charge on any atom is 0.356 e. The Labute approximate surface area is 697 Å². The molecule has 0 atom stereocenters. The highest BCUT2D eigenvalue weighted by Gasteiger charge is 2.37. The van der Waals surface area contributed by atoms with Crippen LogP contribution in [0.3, 0.4) is 0 Å². The first-order valence-electron chi connectivity index (χ1n) is 38.2. The molecule has 9 aromatic rings. The number of carbonyl (C=O) groups excluding carboxylic acids is 6. The van der Waals surface area contributed by atoms with Crippen LogP contribution in [0.2, 0.25) is 0 Å². The highest BCUT2D eigenvalue weighted by atomic mass is 33.1. The van der Waals surface area contributed by atoms with Crippen molar-refractivity contribution < 1.29 is 52.9 Å². The fourth-order valence-corrected chi connectivity index (χ4v) is 17.5. The summed E-state index contributed by atoms with van der Waals surface area (Å²) in [4.78, 5) is 103. The van der Waals surface area contributed by atoms with Gasteiger partial charge in [0.1, 0.15) is 22.9 Å². The smallest absolute Gasteiger partial charge is 0.356 e. The van der Waals surface area contributed by atoms with E-state index >= 15 is 0 Å². The molecule has 3 aromatic heterocycles. The number of methoxy groups -OCH3 is 3. The lowest BCUT2D eigenvalue weighted by atomic mass is 10.0. The molecule has 3 fully saturated rings. The lowest BCUT2D eigenvalue weighted by Gasteiger charge is -2.31. The number of benzene rings is 6. The van der Waals surface area contributed by atoms with Gasteiger partial charge in [-0.25, -0.2) is 18.8 Å². The standard InChI is InChI=1S/C52H54N10O7S2.C25H26N4O4.2C2H8N2S2/c1-68-40-21-17-38(18-22-40)61-44-31-57(34-9-11-35(12-10-34)58-27-5-3-7-45(58)63)29-25-42(44)47(55-61)50(65)53-32-70-71-33-54-51(66)48-43-26-30-60(37-15-13-36(14-16-37)59-28-6-4-8-46(59)64)52(67)49(43)62(56-48)39-19-23-41(69-2)24-20-39;1-33-20-11-9-19(10-12-20)29-22-16-27(15-13-21(22)24(26-29)25(31)32)17-5-7-18(8-6-17)28-14-3-2-4-23(28)30;2*3-1-5-6-2-4/h9-24H,3-8,25-33H2,1-2H3,(H,53,65)(H,54,66);5-12H,2-4,13-16H2,1H3,(H,31,32);2*1-4H2. The largest absolute Gasteiger partial charge is 0.497 e. The molecule has 0 bridgehead atoms. The topological polar surface area (TPSA) is 368 Å². The SMILES string of the molecule is COc1ccc(-n2nc(C(=O)NCSSCNC(=O)c3nn(-c4ccc(OC)cc4)c4c3CCN(c3ccc(N5CCCCC5=O)cc3)C4=O)c3c2CN(c2ccc(N4CCCCC4=O)cc2)CC3)cc1.COc1ccc(-n2nc(C(=O)O)c3c2CN(c2ccc(N4CCCCC4=O)cc2)CC3)cc1.NCSSCN.NCSSCN. The molecule has 35 heteroatoms. The number of nitrogens with zero attached hydrogens (tertiary/aromatic N) is 12. The number of hydrogen-bond donors (Lipinski definition) is 7. The lowest BCUT2D eigenvalue weighted by molar-refractivity contribution is -0.120. The summed E-state index contributed by atoms with van der Waals surface area (Å²) in [6, 6.07) is 45.8. The number of aromatic nitrogens is 6. The number of amides is 6. The molecular weight excluding hydrogens is 1590 g/mol. The monoisotopic (exact) mass is 1690 g/mol. The van der Waals surface area contributed by atoms with Gasteiger partial charge in [-0.2, -0.15) is 15.3 Å². The summed E-state index contributed by atoms with van der Waals surface area (Å²) in [5, 5.41) is 29.7. The second kappa shape index (κ2) is 41.8. The number of rotatable bonds is 26. The molecule has 11 N–H and O–H groups in total. The maximum atomic E-state index is 14.4. The van der Waals surface area contributed by atoms with Crippen LogP contribution in [-0.4, -0.2) is 172 Å². The number of fused-ring (bicyclic) bond motifs is 3. The van der Waals surface area contributed by atoms with E-state index in [1.807, 2.05) is 124 Å². The van der Waals surface area contributed by atoms with Crippen LogP contribution in [0, 0.1) is 0 Å². The molecule has 0 aliphatic carbocycles. The van der Waals surface area contributed by atoms with Crippen LogP contribution in [0.5, 0.6) is 17.2 Å². The fourth-order valence-electron chi connectivity index (χ4n) is 14.6. The number of ether oxygens (including phenoxy) is 3. The van der Waals surface area contributed by atoms with Gasteiger partial charge in [-0.15, -0.1) is 0 Å². The number of aromatic carboxylic acids is 1. The minimum absolute atomic E-state index is 0.102. The summed E-state index contributed by atoms with van der Waals surface area (Å²) in [6.45, 7) is 4.96. The van der Waals surface area contributed by atoms with E-state index in [2.05, 4.69) is 37.7 Å². The number of hydrogen-bond acceptors (Lipinski definition) is 25. The van der Waals surface area contributed by atoms with Gasteiger partial charge in [0.15, 0.2) is 17.1 Å². The van der Waals surface area contributed by atoms with Gasteiger partial charge in [0, 0.05) is 133 Å². The Hall–Kier alpha value is -9.82. The van der Waals surface area contributed by atoms with Crippen LogP contribution in [0.15, 0.2) is 146 Å². The van der Waals surface area contributed by atoms with E-state index in [-0.39, 0.29) is 52.7 Å². The predicted molar refractivity (Wildman–Crippen MR) is 467 cm³/mol. The van der Waals surface area contributed by atoms with Gasteiger partial charge >= 0.3 is 5.97 Å². The van der Waals surface area contributed by atoms with Crippen LogP contribution in [-0.2, 0) is 46.7 Å². The van der Waals surface area contributed by atoms with Crippen LogP contribution in [0.4, 0.5) is 34.1 Å². The van der Waals surface area contributed by atoms with Crippen molar-refractivity contribution in [2.75, 3.05) is 125 Å². The Morgan fingerprint density at radius 1 is 0.371 bits per heavy atom. The van der Waals surface area contributed by atoms with Crippen molar-refractivity contribution >= 4 is 140 Å². The fraction of sp³-hybridized carbons (Fsp3) is 0.358. The summed E-state index contributed by atoms with van der Waals surface area (Å²) in [6.07, 6.45) is 9.08. The molecule has 15 rings (SSSR count). The van der Waals surface area contributed by atoms with Crippen molar-refractivity contribution in [2.24, 2.45) is 22.9 Å². The van der Waals surface area contributed by atoms with Crippen LogP contribution in [0.1, 0.15) is 128 Å². The van der Waals surface area contributed by atoms with Crippen LogP contribution in [0.25, 0.3) is 17.1 Å². The highest BCUT2D eigenvalue weighted by Crippen LogP contribution is 2.37. The Kier molecular flexibility index (Phi) is 30.9. The van der Waals surface area contributed by atoms with Gasteiger partial charge < -0.3 is 82.3 Å². The van der Waals surface area contributed by atoms with Crippen LogP contribution < -0.4 is 77.2 Å². The molecule has 0 unspecified atom stereocenters. The van der Waals surface area contributed by atoms with Gasteiger partial charge in [0.2, 0.25) is 17.7 Å². The minimum atomic E-state index is -1.01. The van der Waals surface area contributed by atoms with Crippen LogP contribution >= 0.6 is 64.8 Å². The van der Waals surface area contributed by atoms with E-state index < -0.39 is 11.9 Å². The Morgan fingerprint density at radius 3 is 1.03 bits per heavy atom. The molecule has 6 aliphatic rings. The number of carboxylic acid groups (broad SMARTS) is 1. The first-order chi connectivity index (χ1) is 56.6. The van der Waals surface area contributed by atoms with E-state index in [1.165, 1.54) is 26.3 Å². The molecule has 3 saturated heterocycles. The first kappa shape index (κ1) is 85.5. The van der Waals surface area contributed by atoms with E-state index in [0.29, 0.717) is 141 Å². The third-order valence-corrected chi connectivity index (χ3v) is 25.7. The second-order valence-corrected chi connectivity index (χ2v) is 34.7. The Balaban J connectivity index is 0.000000226. The Morgan fingerprint density at radius 2 is 0.681 bits per heavy atom.